The maximum absolute atomic E-state index is 4.20. The lowest BCUT2D eigenvalue weighted by molar-refractivity contribution is 0.316. The largest absolute Gasteiger partial charge is 0.313 e. The van der Waals surface area contributed by atoms with Gasteiger partial charge in [-0.3, -0.25) is 0 Å². The van der Waals surface area contributed by atoms with E-state index < -0.39 is 0 Å². The molecule has 1 N–H and O–H groups in total. The second-order valence-electron chi connectivity index (χ2n) is 5.62. The molecular weight excluding hydrogens is 206 g/mol. The van der Waals surface area contributed by atoms with Gasteiger partial charge in [0.05, 0.1) is 0 Å². The van der Waals surface area contributed by atoms with Gasteiger partial charge in [0, 0.05) is 6.04 Å². The van der Waals surface area contributed by atoms with Crippen molar-refractivity contribution in [2.75, 3.05) is 6.54 Å². The topological polar surface area (TPSA) is 12.0 Å². The molecule has 0 amide bonds. The van der Waals surface area contributed by atoms with Gasteiger partial charge in [0.25, 0.3) is 0 Å². The Balaban J connectivity index is 2.49. The summed E-state index contributed by atoms with van der Waals surface area (Å²) in [5.74, 6) is 0.896. The van der Waals surface area contributed by atoms with Gasteiger partial charge in [0.2, 0.25) is 0 Å². The molecule has 1 heteroatoms. The van der Waals surface area contributed by atoms with Crippen molar-refractivity contribution in [3.05, 3.63) is 12.2 Å². The van der Waals surface area contributed by atoms with Crippen molar-refractivity contribution in [1.29, 1.82) is 0 Å². The summed E-state index contributed by atoms with van der Waals surface area (Å²) in [6, 6.07) is 0.695. The minimum atomic E-state index is 0.695. The van der Waals surface area contributed by atoms with Gasteiger partial charge in [-0.05, 0) is 44.6 Å². The van der Waals surface area contributed by atoms with E-state index >= 15 is 0 Å². The third-order valence-corrected chi connectivity index (χ3v) is 4.13. The van der Waals surface area contributed by atoms with Gasteiger partial charge < -0.3 is 5.32 Å². The number of rotatable bonds is 7. The molecule has 0 aromatic carbocycles. The van der Waals surface area contributed by atoms with Crippen molar-refractivity contribution in [2.24, 2.45) is 5.92 Å². The molecule has 0 aromatic heterocycles. The Morgan fingerprint density at radius 1 is 1.18 bits per heavy atom. The molecule has 0 aliphatic heterocycles. The minimum absolute atomic E-state index is 0.695. The highest BCUT2D eigenvalue weighted by atomic mass is 14.9. The SMILES string of the molecule is C=C(CC)CC(NCCC)C1CCCCCC1. The van der Waals surface area contributed by atoms with Crippen molar-refractivity contribution in [1.82, 2.24) is 5.32 Å². The quantitative estimate of drug-likeness (QED) is 0.501. The van der Waals surface area contributed by atoms with Crippen molar-refractivity contribution < 1.29 is 0 Å². The van der Waals surface area contributed by atoms with E-state index in [4.69, 9.17) is 0 Å². The molecule has 0 aromatic rings. The summed E-state index contributed by atoms with van der Waals surface area (Å²) in [5.41, 5.74) is 1.42. The van der Waals surface area contributed by atoms with Gasteiger partial charge in [-0.25, -0.2) is 0 Å². The average Bonchev–Trinajstić information content (AvgIpc) is 2.62. The van der Waals surface area contributed by atoms with Crippen LogP contribution < -0.4 is 5.32 Å². The molecule has 1 nitrogen and oxygen atoms in total. The highest BCUT2D eigenvalue weighted by Gasteiger charge is 2.22. The third kappa shape index (κ3) is 5.72. The standard InChI is InChI=1S/C16H31N/c1-4-12-17-16(13-14(3)5-2)15-10-8-6-7-9-11-15/h15-17H,3-13H2,1-2H3. The van der Waals surface area contributed by atoms with Gasteiger partial charge in [0.15, 0.2) is 0 Å². The van der Waals surface area contributed by atoms with Crippen LogP contribution in [0.5, 0.6) is 0 Å². The molecule has 1 aliphatic rings. The van der Waals surface area contributed by atoms with Crippen LogP contribution in [0.2, 0.25) is 0 Å². The fourth-order valence-corrected chi connectivity index (χ4v) is 2.90. The summed E-state index contributed by atoms with van der Waals surface area (Å²) >= 11 is 0. The highest BCUT2D eigenvalue weighted by molar-refractivity contribution is 4.98. The molecule has 0 saturated heterocycles. The lowest BCUT2D eigenvalue weighted by Crippen LogP contribution is -2.37. The lowest BCUT2D eigenvalue weighted by atomic mass is 9.87. The Morgan fingerprint density at radius 2 is 1.82 bits per heavy atom. The smallest absolute Gasteiger partial charge is 0.0132 e. The van der Waals surface area contributed by atoms with Crippen LogP contribution in [-0.2, 0) is 0 Å². The first-order valence-electron chi connectivity index (χ1n) is 7.68. The highest BCUT2D eigenvalue weighted by Crippen LogP contribution is 2.28. The maximum Gasteiger partial charge on any atom is 0.0132 e. The summed E-state index contributed by atoms with van der Waals surface area (Å²) in [6.07, 6.45) is 12.2. The first-order chi connectivity index (χ1) is 8.27. The van der Waals surface area contributed by atoms with E-state index in [1.165, 1.54) is 56.9 Å². The Hall–Kier alpha value is -0.300. The van der Waals surface area contributed by atoms with Crippen LogP contribution in [0.1, 0.15) is 71.6 Å². The van der Waals surface area contributed by atoms with Crippen molar-refractivity contribution in [2.45, 2.75) is 77.7 Å². The molecule has 0 bridgehead atoms. The van der Waals surface area contributed by atoms with E-state index in [9.17, 15) is 0 Å². The molecule has 1 fully saturated rings. The van der Waals surface area contributed by atoms with E-state index in [-0.39, 0.29) is 0 Å². The van der Waals surface area contributed by atoms with Crippen LogP contribution in [0, 0.1) is 5.92 Å². The molecule has 100 valence electrons. The summed E-state index contributed by atoms with van der Waals surface area (Å²) in [6.45, 7) is 9.85. The predicted octanol–water partition coefficient (Wildman–Crippen LogP) is 4.68. The zero-order valence-electron chi connectivity index (χ0n) is 11.9. The summed E-state index contributed by atoms with van der Waals surface area (Å²) in [7, 11) is 0. The van der Waals surface area contributed by atoms with Crippen molar-refractivity contribution in [3.63, 3.8) is 0 Å². The van der Waals surface area contributed by atoms with Crippen molar-refractivity contribution in [3.8, 4) is 0 Å². The van der Waals surface area contributed by atoms with E-state index in [0.29, 0.717) is 6.04 Å². The molecule has 17 heavy (non-hydrogen) atoms. The molecule has 1 atom stereocenters. The van der Waals surface area contributed by atoms with E-state index in [1.807, 2.05) is 0 Å². The van der Waals surface area contributed by atoms with Crippen LogP contribution >= 0.6 is 0 Å². The van der Waals surface area contributed by atoms with Crippen LogP contribution in [0.3, 0.4) is 0 Å². The second-order valence-corrected chi connectivity index (χ2v) is 5.62. The summed E-state index contributed by atoms with van der Waals surface area (Å²) < 4.78 is 0. The monoisotopic (exact) mass is 237 g/mol. The second kappa shape index (κ2) is 8.74. The minimum Gasteiger partial charge on any atom is -0.313 e. The first kappa shape index (κ1) is 14.8. The summed E-state index contributed by atoms with van der Waals surface area (Å²) in [4.78, 5) is 0. The summed E-state index contributed by atoms with van der Waals surface area (Å²) in [5, 5.41) is 3.77. The molecule has 0 spiro atoms. The van der Waals surface area contributed by atoms with E-state index in [0.717, 1.165) is 18.9 Å². The van der Waals surface area contributed by atoms with Crippen LogP contribution in [-0.4, -0.2) is 12.6 Å². The molecule has 1 rings (SSSR count). The zero-order chi connectivity index (χ0) is 12.5. The lowest BCUT2D eigenvalue weighted by Gasteiger charge is -2.28. The number of nitrogens with one attached hydrogen (secondary N) is 1. The van der Waals surface area contributed by atoms with Crippen LogP contribution in [0.15, 0.2) is 12.2 Å². The van der Waals surface area contributed by atoms with E-state index in [1.54, 1.807) is 0 Å². The van der Waals surface area contributed by atoms with Crippen LogP contribution in [0.4, 0.5) is 0 Å². The fourth-order valence-electron chi connectivity index (χ4n) is 2.90. The van der Waals surface area contributed by atoms with Gasteiger partial charge in [0.1, 0.15) is 0 Å². The Bertz CT molecular complexity index is 202. The molecule has 1 saturated carbocycles. The average molecular weight is 237 g/mol. The van der Waals surface area contributed by atoms with Gasteiger partial charge in [-0.2, -0.15) is 0 Å². The molecular formula is C16H31N. The van der Waals surface area contributed by atoms with Crippen molar-refractivity contribution >= 4 is 0 Å². The Morgan fingerprint density at radius 3 is 2.35 bits per heavy atom. The molecule has 0 heterocycles. The number of hydrogen-bond donors (Lipinski definition) is 1. The molecule has 0 radical (unpaired) electrons. The van der Waals surface area contributed by atoms with Gasteiger partial charge in [-0.1, -0.05) is 51.7 Å². The number of hydrogen-bond acceptors (Lipinski definition) is 1. The first-order valence-corrected chi connectivity index (χ1v) is 7.68. The third-order valence-electron chi connectivity index (χ3n) is 4.13. The van der Waals surface area contributed by atoms with Gasteiger partial charge >= 0.3 is 0 Å². The van der Waals surface area contributed by atoms with Crippen LogP contribution in [0.25, 0.3) is 0 Å². The van der Waals surface area contributed by atoms with Gasteiger partial charge in [-0.15, -0.1) is 0 Å². The fraction of sp³-hybridized carbons (Fsp3) is 0.875. The zero-order valence-corrected chi connectivity index (χ0v) is 11.9. The Kier molecular flexibility index (Phi) is 7.59. The Labute approximate surface area is 108 Å². The maximum atomic E-state index is 4.20. The van der Waals surface area contributed by atoms with E-state index in [2.05, 4.69) is 25.7 Å². The predicted molar refractivity (Wildman–Crippen MR) is 77.3 cm³/mol. The molecule has 1 unspecified atom stereocenters. The normalized spacial score (nSPS) is 19.9. The molecule has 1 aliphatic carbocycles.